The molecule has 3 heterocycles. The molecule has 5 rings (SSSR count). The summed E-state index contributed by atoms with van der Waals surface area (Å²) in [6.07, 6.45) is 1.36. The molecule has 0 bridgehead atoms. The average molecular weight is 459 g/mol. The van der Waals surface area contributed by atoms with E-state index in [2.05, 4.69) is 0 Å². The van der Waals surface area contributed by atoms with Crippen LogP contribution >= 0.6 is 23.5 Å². The summed E-state index contributed by atoms with van der Waals surface area (Å²) in [4.78, 5) is 1.46. The second-order valence-corrected chi connectivity index (χ2v) is 10.4. The van der Waals surface area contributed by atoms with Gasteiger partial charge in [0.1, 0.15) is 4.87 Å². The molecule has 1 saturated carbocycles. The van der Waals surface area contributed by atoms with Crippen molar-refractivity contribution in [1.29, 1.82) is 0 Å². The number of rotatable bonds is 1. The van der Waals surface area contributed by atoms with Crippen LogP contribution in [0.3, 0.4) is 0 Å². The fourth-order valence-corrected chi connectivity index (χ4v) is 7.18. The Morgan fingerprint density at radius 2 is 1.47 bits per heavy atom. The van der Waals surface area contributed by atoms with Gasteiger partial charge in [-0.25, -0.2) is 0 Å². The van der Waals surface area contributed by atoms with E-state index >= 15 is 0 Å². The van der Waals surface area contributed by atoms with E-state index in [1.807, 2.05) is 0 Å². The van der Waals surface area contributed by atoms with Gasteiger partial charge in [0, 0.05) is 21.1 Å². The van der Waals surface area contributed by atoms with Crippen LogP contribution in [0.15, 0.2) is 68.8 Å². The first-order valence-corrected chi connectivity index (χ1v) is 10.7. The Morgan fingerprint density at radius 1 is 0.867 bits per heavy atom. The van der Waals surface area contributed by atoms with Gasteiger partial charge in [-0.05, 0) is 38.0 Å². The SMILES string of the molecule is CC1=C(C)N2C(=C3C(=C4C=C(c5ccccc5)SC42C)C(F)(F)C(F)(F)C3(F)F)S1. The first kappa shape index (κ1) is 20.2. The van der Waals surface area contributed by atoms with E-state index in [4.69, 9.17) is 0 Å². The Balaban J connectivity index is 1.86. The molecule has 3 aliphatic heterocycles. The van der Waals surface area contributed by atoms with Gasteiger partial charge >= 0.3 is 17.8 Å². The third-order valence-corrected chi connectivity index (χ3v) is 8.57. The summed E-state index contributed by atoms with van der Waals surface area (Å²) in [6, 6.07) is 8.85. The second kappa shape index (κ2) is 5.73. The van der Waals surface area contributed by atoms with Crippen molar-refractivity contribution in [3.63, 3.8) is 0 Å². The molecule has 1 atom stereocenters. The van der Waals surface area contributed by atoms with Crippen LogP contribution in [0.25, 0.3) is 4.91 Å². The standard InChI is InChI=1S/C21H15F6NS2/c1-10-11(2)29-17-16-15(19(22,23)21(26,27)20(16,24)25)13-9-14(12-7-5-4-6-8-12)30-18(13,3)28(10)17/h4-9H,1-3H3. The smallest absolute Gasteiger partial charge is 0.319 e. The third kappa shape index (κ3) is 2.10. The van der Waals surface area contributed by atoms with E-state index in [-0.39, 0.29) is 10.6 Å². The van der Waals surface area contributed by atoms with E-state index in [9.17, 15) is 26.3 Å². The quantitative estimate of drug-likeness (QED) is 0.408. The molecule has 1 aromatic carbocycles. The van der Waals surface area contributed by atoms with Gasteiger partial charge in [-0.1, -0.05) is 53.9 Å². The topological polar surface area (TPSA) is 3.24 Å². The number of hydrogen-bond donors (Lipinski definition) is 0. The molecule has 30 heavy (non-hydrogen) atoms. The van der Waals surface area contributed by atoms with Crippen LogP contribution < -0.4 is 0 Å². The highest BCUT2D eigenvalue weighted by atomic mass is 32.2. The third-order valence-electron chi connectivity index (χ3n) is 6.02. The van der Waals surface area contributed by atoms with Crippen molar-refractivity contribution < 1.29 is 26.3 Å². The molecule has 0 saturated heterocycles. The lowest BCUT2D eigenvalue weighted by Crippen LogP contribution is -2.47. The Bertz CT molecular complexity index is 1120. The summed E-state index contributed by atoms with van der Waals surface area (Å²) in [5.41, 5.74) is -1.39. The lowest BCUT2D eigenvalue weighted by atomic mass is 9.90. The van der Waals surface area contributed by atoms with Gasteiger partial charge in [0.2, 0.25) is 0 Å². The molecule has 0 radical (unpaired) electrons. The van der Waals surface area contributed by atoms with Crippen LogP contribution in [0, 0.1) is 0 Å². The first-order chi connectivity index (χ1) is 13.9. The minimum Gasteiger partial charge on any atom is -0.319 e. The van der Waals surface area contributed by atoms with Crippen molar-refractivity contribution in [2.75, 3.05) is 0 Å². The average Bonchev–Trinajstić information content (AvgIpc) is 3.21. The Hall–Kier alpha value is -1.74. The Labute approximate surface area is 177 Å². The molecule has 1 nitrogen and oxygen atoms in total. The maximum Gasteiger partial charge on any atom is 0.380 e. The minimum absolute atomic E-state index is 0.193. The van der Waals surface area contributed by atoms with Gasteiger partial charge in [0.05, 0.1) is 10.6 Å². The van der Waals surface area contributed by atoms with Gasteiger partial charge in [-0.3, -0.25) is 0 Å². The maximum absolute atomic E-state index is 14.9. The maximum atomic E-state index is 14.9. The van der Waals surface area contributed by atoms with Crippen molar-refractivity contribution in [3.8, 4) is 0 Å². The van der Waals surface area contributed by atoms with Crippen molar-refractivity contribution >= 4 is 28.4 Å². The zero-order valence-corrected chi connectivity index (χ0v) is 17.6. The van der Waals surface area contributed by atoms with Crippen LogP contribution in [0.5, 0.6) is 0 Å². The normalized spacial score (nSPS) is 30.6. The highest BCUT2D eigenvalue weighted by Gasteiger charge is 2.83. The van der Waals surface area contributed by atoms with E-state index in [1.54, 1.807) is 51.1 Å². The Morgan fingerprint density at radius 3 is 2.10 bits per heavy atom. The lowest BCUT2D eigenvalue weighted by Gasteiger charge is -2.44. The fourth-order valence-electron chi connectivity index (χ4n) is 4.40. The van der Waals surface area contributed by atoms with Crippen molar-refractivity contribution in [1.82, 2.24) is 4.90 Å². The molecule has 1 aromatic rings. The number of halogens is 6. The summed E-state index contributed by atoms with van der Waals surface area (Å²) in [7, 11) is 0. The molecule has 0 spiro atoms. The van der Waals surface area contributed by atoms with E-state index in [1.165, 1.54) is 22.7 Å². The molecule has 0 N–H and O–H groups in total. The van der Waals surface area contributed by atoms with Crippen LogP contribution in [-0.4, -0.2) is 27.5 Å². The van der Waals surface area contributed by atoms with Gasteiger partial charge in [0.15, 0.2) is 0 Å². The highest BCUT2D eigenvalue weighted by molar-refractivity contribution is 8.10. The fraction of sp³-hybridized carbons (Fsp3) is 0.333. The van der Waals surface area contributed by atoms with Gasteiger partial charge in [-0.15, -0.1) is 0 Å². The Kier molecular flexibility index (Phi) is 3.86. The van der Waals surface area contributed by atoms with Crippen molar-refractivity contribution in [3.05, 3.63) is 74.3 Å². The number of alkyl halides is 6. The van der Waals surface area contributed by atoms with E-state index in [0.717, 1.165) is 11.8 Å². The zero-order chi connectivity index (χ0) is 21.9. The summed E-state index contributed by atoms with van der Waals surface area (Å²) < 4.78 is 88.4. The highest BCUT2D eigenvalue weighted by Crippen LogP contribution is 2.71. The molecule has 1 fully saturated rings. The summed E-state index contributed by atoms with van der Waals surface area (Å²) in [6.45, 7) is 4.98. The first-order valence-electron chi connectivity index (χ1n) is 9.11. The molecule has 1 aliphatic carbocycles. The van der Waals surface area contributed by atoms with Gasteiger partial charge < -0.3 is 4.90 Å². The summed E-state index contributed by atoms with van der Waals surface area (Å²) >= 11 is 2.06. The number of thioether (sulfide) groups is 2. The van der Waals surface area contributed by atoms with Crippen LogP contribution in [0.1, 0.15) is 26.3 Å². The van der Waals surface area contributed by atoms with E-state index < -0.39 is 33.8 Å². The molecule has 1 unspecified atom stereocenters. The van der Waals surface area contributed by atoms with E-state index in [0.29, 0.717) is 21.1 Å². The molecule has 0 amide bonds. The van der Waals surface area contributed by atoms with Crippen molar-refractivity contribution in [2.45, 2.75) is 43.4 Å². The molecule has 9 heteroatoms. The van der Waals surface area contributed by atoms with Gasteiger partial charge in [0.25, 0.3) is 0 Å². The predicted octanol–water partition coefficient (Wildman–Crippen LogP) is 7.23. The number of fused-ring (bicyclic) bond motifs is 4. The largest absolute Gasteiger partial charge is 0.380 e. The molecular weight excluding hydrogens is 444 g/mol. The predicted molar refractivity (Wildman–Crippen MR) is 107 cm³/mol. The van der Waals surface area contributed by atoms with Crippen LogP contribution in [0.4, 0.5) is 26.3 Å². The summed E-state index contributed by atoms with van der Waals surface area (Å²) in [5.74, 6) is -15.5. The summed E-state index contributed by atoms with van der Waals surface area (Å²) in [5, 5.41) is -0.233. The molecule has 158 valence electrons. The number of allylic oxidation sites excluding steroid dienone is 4. The minimum atomic E-state index is -5.51. The number of benzene rings is 1. The number of hydrogen-bond acceptors (Lipinski definition) is 3. The van der Waals surface area contributed by atoms with Crippen LogP contribution in [-0.2, 0) is 0 Å². The number of nitrogens with zero attached hydrogens (tertiary/aromatic N) is 1. The van der Waals surface area contributed by atoms with Crippen LogP contribution in [0.2, 0.25) is 0 Å². The van der Waals surface area contributed by atoms with Crippen molar-refractivity contribution in [2.24, 2.45) is 0 Å². The molecule has 0 aromatic heterocycles. The zero-order valence-electron chi connectivity index (χ0n) is 16.0. The van der Waals surface area contributed by atoms with Gasteiger partial charge in [-0.2, -0.15) is 26.3 Å². The second-order valence-electron chi connectivity index (χ2n) is 7.73. The lowest BCUT2D eigenvalue weighted by molar-refractivity contribution is -0.258. The molecular formula is C21H15F6NS2. The molecule has 4 aliphatic rings. The monoisotopic (exact) mass is 459 g/mol.